The normalized spacial score (nSPS) is 12.1. The van der Waals surface area contributed by atoms with Crippen LogP contribution in [0.15, 0.2) is 24.3 Å². The molecule has 1 aromatic carbocycles. The molecule has 1 heterocycles. The molecule has 1 aromatic heterocycles. The van der Waals surface area contributed by atoms with Crippen LogP contribution in [0, 0.1) is 0 Å². The number of amides is 1. The van der Waals surface area contributed by atoms with E-state index in [1.807, 2.05) is 37.6 Å². The predicted octanol–water partition coefficient (Wildman–Crippen LogP) is 5.01. The Kier molecular flexibility index (Phi) is 6.10. The van der Waals surface area contributed by atoms with E-state index < -0.39 is 11.7 Å². The summed E-state index contributed by atoms with van der Waals surface area (Å²) in [6, 6.07) is 7.27. The van der Waals surface area contributed by atoms with Gasteiger partial charge in [0.15, 0.2) is 0 Å². The highest BCUT2D eigenvalue weighted by Crippen LogP contribution is 2.24. The molecule has 0 saturated heterocycles. The van der Waals surface area contributed by atoms with Crippen molar-refractivity contribution in [2.45, 2.75) is 65.5 Å². The minimum absolute atomic E-state index is 0.169. The third-order valence-electron chi connectivity index (χ3n) is 3.76. The number of rotatable bonds is 4. The Bertz CT molecular complexity index is 816. The number of anilines is 2. The molecule has 0 fully saturated rings. The Morgan fingerprint density at radius 2 is 1.85 bits per heavy atom. The number of nitrogens with zero attached hydrogens (tertiary/aromatic N) is 2. The number of carbonyl (C=O) groups excluding carboxylic acids is 1. The van der Waals surface area contributed by atoms with Crippen molar-refractivity contribution in [2.75, 3.05) is 11.1 Å². The zero-order valence-electron chi connectivity index (χ0n) is 16.9. The van der Waals surface area contributed by atoms with Crippen molar-refractivity contribution in [1.82, 2.24) is 9.78 Å². The van der Waals surface area contributed by atoms with Crippen LogP contribution >= 0.6 is 11.6 Å². The SMILES string of the molecule is CC(C)(C)OC(=O)Nc1ccc(Cl)c(CCc2cc(N)n(C(C)(C)C)n2)c1. The van der Waals surface area contributed by atoms with Gasteiger partial charge in [-0.15, -0.1) is 0 Å². The van der Waals surface area contributed by atoms with Gasteiger partial charge in [-0.1, -0.05) is 11.6 Å². The molecule has 27 heavy (non-hydrogen) atoms. The molecular weight excluding hydrogens is 364 g/mol. The van der Waals surface area contributed by atoms with E-state index >= 15 is 0 Å². The van der Waals surface area contributed by atoms with E-state index in [1.54, 1.807) is 12.1 Å². The number of aryl methyl sites for hydroxylation is 2. The molecule has 2 rings (SSSR count). The second-order valence-electron chi connectivity index (χ2n) is 8.58. The van der Waals surface area contributed by atoms with Crippen LogP contribution in [0.4, 0.5) is 16.3 Å². The van der Waals surface area contributed by atoms with E-state index in [0.717, 1.165) is 11.3 Å². The lowest BCUT2D eigenvalue weighted by Crippen LogP contribution is -2.27. The highest BCUT2D eigenvalue weighted by atomic mass is 35.5. The molecule has 7 heteroatoms. The maximum absolute atomic E-state index is 11.9. The van der Waals surface area contributed by atoms with E-state index in [0.29, 0.717) is 29.4 Å². The monoisotopic (exact) mass is 392 g/mol. The van der Waals surface area contributed by atoms with E-state index in [-0.39, 0.29) is 5.54 Å². The fourth-order valence-corrected chi connectivity index (χ4v) is 2.85. The molecule has 0 radical (unpaired) electrons. The molecule has 0 aliphatic heterocycles. The highest BCUT2D eigenvalue weighted by Gasteiger charge is 2.19. The van der Waals surface area contributed by atoms with Crippen LogP contribution in [-0.4, -0.2) is 21.5 Å². The topological polar surface area (TPSA) is 82.2 Å². The van der Waals surface area contributed by atoms with E-state index in [1.165, 1.54) is 0 Å². The van der Waals surface area contributed by atoms with E-state index in [4.69, 9.17) is 22.1 Å². The van der Waals surface area contributed by atoms with Crippen LogP contribution in [0.1, 0.15) is 52.8 Å². The van der Waals surface area contributed by atoms with Gasteiger partial charge in [-0.2, -0.15) is 5.10 Å². The van der Waals surface area contributed by atoms with Gasteiger partial charge in [0.25, 0.3) is 0 Å². The average Bonchev–Trinajstić information content (AvgIpc) is 2.87. The van der Waals surface area contributed by atoms with Gasteiger partial charge in [-0.25, -0.2) is 9.48 Å². The standard InChI is InChI=1S/C20H29ClN4O2/c1-19(2,3)25-17(22)12-15(24-25)8-7-13-11-14(9-10-16(13)21)23-18(26)27-20(4,5)6/h9-12H,7-8,22H2,1-6H3,(H,23,26). The summed E-state index contributed by atoms with van der Waals surface area (Å²) in [7, 11) is 0. The van der Waals surface area contributed by atoms with Gasteiger partial charge in [0.1, 0.15) is 11.4 Å². The summed E-state index contributed by atoms with van der Waals surface area (Å²) in [5.41, 5.74) is 7.82. The zero-order chi connectivity index (χ0) is 20.4. The Labute approximate surface area is 166 Å². The number of hydrogen-bond acceptors (Lipinski definition) is 4. The quantitative estimate of drug-likeness (QED) is 0.766. The Balaban J connectivity index is 2.08. The smallest absolute Gasteiger partial charge is 0.412 e. The van der Waals surface area contributed by atoms with Crippen LogP contribution in [0.5, 0.6) is 0 Å². The molecule has 1 amide bonds. The summed E-state index contributed by atoms with van der Waals surface area (Å²) >= 11 is 6.32. The van der Waals surface area contributed by atoms with E-state index in [2.05, 4.69) is 31.2 Å². The number of ether oxygens (including phenoxy) is 1. The number of halogens is 1. The van der Waals surface area contributed by atoms with Crippen molar-refractivity contribution in [1.29, 1.82) is 0 Å². The molecule has 0 aliphatic rings. The van der Waals surface area contributed by atoms with Crippen molar-refractivity contribution in [3.8, 4) is 0 Å². The van der Waals surface area contributed by atoms with Gasteiger partial charge in [0, 0.05) is 16.8 Å². The lowest BCUT2D eigenvalue weighted by atomic mass is 10.1. The third-order valence-corrected chi connectivity index (χ3v) is 4.13. The molecule has 6 nitrogen and oxygen atoms in total. The largest absolute Gasteiger partial charge is 0.444 e. The summed E-state index contributed by atoms with van der Waals surface area (Å²) in [5, 5.41) is 7.98. The van der Waals surface area contributed by atoms with E-state index in [9.17, 15) is 4.79 Å². The van der Waals surface area contributed by atoms with Gasteiger partial charge in [-0.3, -0.25) is 5.32 Å². The van der Waals surface area contributed by atoms with Crippen molar-refractivity contribution in [3.05, 3.63) is 40.5 Å². The fraction of sp³-hybridized carbons (Fsp3) is 0.500. The maximum Gasteiger partial charge on any atom is 0.412 e. The second-order valence-corrected chi connectivity index (χ2v) is 8.98. The Morgan fingerprint density at radius 3 is 2.41 bits per heavy atom. The Morgan fingerprint density at radius 1 is 1.19 bits per heavy atom. The number of nitrogens with two attached hydrogens (primary N) is 1. The zero-order valence-corrected chi connectivity index (χ0v) is 17.6. The van der Waals surface area contributed by atoms with Gasteiger partial charge in [0.05, 0.1) is 11.2 Å². The number of hydrogen-bond donors (Lipinski definition) is 2. The molecular formula is C20H29ClN4O2. The number of nitrogens with one attached hydrogen (secondary N) is 1. The minimum Gasteiger partial charge on any atom is -0.444 e. The van der Waals surface area contributed by atoms with Crippen molar-refractivity contribution in [2.24, 2.45) is 0 Å². The summed E-state index contributed by atoms with van der Waals surface area (Å²) in [5.74, 6) is 0.643. The number of benzene rings is 1. The first-order valence-corrected chi connectivity index (χ1v) is 9.36. The van der Waals surface area contributed by atoms with Crippen LogP contribution in [0.2, 0.25) is 5.02 Å². The number of nitrogen functional groups attached to an aromatic ring is 1. The first kappa shape index (κ1) is 21.1. The molecule has 0 saturated carbocycles. The minimum atomic E-state index is -0.550. The lowest BCUT2D eigenvalue weighted by molar-refractivity contribution is 0.0636. The maximum atomic E-state index is 11.9. The average molecular weight is 393 g/mol. The fourth-order valence-electron chi connectivity index (χ4n) is 2.63. The van der Waals surface area contributed by atoms with Crippen molar-refractivity contribution < 1.29 is 9.53 Å². The molecule has 0 aliphatic carbocycles. The molecule has 0 spiro atoms. The molecule has 0 unspecified atom stereocenters. The van der Waals surface area contributed by atoms with Crippen molar-refractivity contribution in [3.63, 3.8) is 0 Å². The van der Waals surface area contributed by atoms with Gasteiger partial charge in [0.2, 0.25) is 0 Å². The van der Waals surface area contributed by atoms with Crippen LogP contribution in [0.25, 0.3) is 0 Å². The van der Waals surface area contributed by atoms with Crippen LogP contribution in [-0.2, 0) is 23.1 Å². The van der Waals surface area contributed by atoms with Gasteiger partial charge < -0.3 is 10.5 Å². The predicted molar refractivity (Wildman–Crippen MR) is 110 cm³/mol. The summed E-state index contributed by atoms with van der Waals surface area (Å²) in [4.78, 5) is 11.9. The molecule has 3 N–H and O–H groups in total. The molecule has 148 valence electrons. The molecule has 0 atom stereocenters. The first-order chi connectivity index (χ1) is 12.3. The van der Waals surface area contributed by atoms with Crippen molar-refractivity contribution >= 4 is 29.2 Å². The third kappa shape index (κ3) is 6.17. The molecule has 2 aromatic rings. The summed E-state index contributed by atoms with van der Waals surface area (Å²) in [6.45, 7) is 11.6. The number of aromatic nitrogens is 2. The first-order valence-electron chi connectivity index (χ1n) is 8.98. The van der Waals surface area contributed by atoms with Crippen LogP contribution < -0.4 is 11.1 Å². The van der Waals surface area contributed by atoms with Gasteiger partial charge in [-0.05, 0) is 78.1 Å². The van der Waals surface area contributed by atoms with Crippen LogP contribution in [0.3, 0.4) is 0 Å². The summed E-state index contributed by atoms with van der Waals surface area (Å²) < 4.78 is 7.10. The second kappa shape index (κ2) is 7.80. The summed E-state index contributed by atoms with van der Waals surface area (Å²) in [6.07, 6.45) is 0.888. The highest BCUT2D eigenvalue weighted by molar-refractivity contribution is 6.31. The number of carbonyl (C=O) groups is 1. The molecule has 0 bridgehead atoms. The lowest BCUT2D eigenvalue weighted by Gasteiger charge is -2.20. The Hall–Kier alpha value is -2.21. The van der Waals surface area contributed by atoms with Gasteiger partial charge >= 0.3 is 6.09 Å².